The summed E-state index contributed by atoms with van der Waals surface area (Å²) in [6.45, 7) is 4.13. The van der Waals surface area contributed by atoms with E-state index in [4.69, 9.17) is 11.6 Å². The maximum atomic E-state index is 12.9. The molecule has 19 heavy (non-hydrogen) atoms. The molecule has 0 saturated heterocycles. The van der Waals surface area contributed by atoms with Gasteiger partial charge in [-0.3, -0.25) is 0 Å². The van der Waals surface area contributed by atoms with Gasteiger partial charge in [0.1, 0.15) is 5.82 Å². The fraction of sp³-hybridized carbons (Fsp3) is 0.250. The van der Waals surface area contributed by atoms with Gasteiger partial charge in [0.25, 0.3) is 0 Å². The Bertz CT molecular complexity index is 539. The molecule has 0 aromatic heterocycles. The number of benzene rings is 2. The Morgan fingerprint density at radius 1 is 0.947 bits per heavy atom. The molecule has 0 unspecified atom stereocenters. The summed E-state index contributed by atoms with van der Waals surface area (Å²) in [5, 5.41) is 4.22. The van der Waals surface area contributed by atoms with Crippen LogP contribution in [0.3, 0.4) is 0 Å². The average molecular weight is 278 g/mol. The van der Waals surface area contributed by atoms with Crippen LogP contribution in [0.1, 0.15) is 37.1 Å². The first-order valence-corrected chi connectivity index (χ1v) is 6.71. The summed E-state index contributed by atoms with van der Waals surface area (Å²) in [5.74, 6) is -0.213. The van der Waals surface area contributed by atoms with Crippen LogP contribution in [0.4, 0.5) is 4.39 Å². The minimum absolute atomic E-state index is 0.131. The van der Waals surface area contributed by atoms with Gasteiger partial charge in [-0.05, 0) is 43.2 Å². The fourth-order valence-electron chi connectivity index (χ4n) is 2.14. The Balaban J connectivity index is 2.08. The summed E-state index contributed by atoms with van der Waals surface area (Å²) in [6.07, 6.45) is 0. The van der Waals surface area contributed by atoms with Crippen molar-refractivity contribution in [1.82, 2.24) is 5.32 Å². The summed E-state index contributed by atoms with van der Waals surface area (Å²) >= 11 is 6.18. The first-order chi connectivity index (χ1) is 9.08. The third kappa shape index (κ3) is 3.55. The Hall–Kier alpha value is -1.38. The van der Waals surface area contributed by atoms with Crippen molar-refractivity contribution in [1.29, 1.82) is 0 Å². The minimum Gasteiger partial charge on any atom is -0.304 e. The van der Waals surface area contributed by atoms with Crippen molar-refractivity contribution in [2.24, 2.45) is 0 Å². The number of nitrogens with one attached hydrogen (secondary N) is 1. The summed E-state index contributed by atoms with van der Waals surface area (Å²) < 4.78 is 12.9. The van der Waals surface area contributed by atoms with E-state index in [1.165, 1.54) is 12.1 Å². The molecule has 0 heterocycles. The number of rotatable bonds is 4. The van der Waals surface area contributed by atoms with Crippen molar-refractivity contribution in [3.05, 3.63) is 70.5 Å². The van der Waals surface area contributed by atoms with Crippen LogP contribution in [-0.2, 0) is 0 Å². The first kappa shape index (κ1) is 14.0. The van der Waals surface area contributed by atoms with Crippen molar-refractivity contribution < 1.29 is 4.39 Å². The van der Waals surface area contributed by atoms with Crippen LogP contribution >= 0.6 is 11.6 Å². The molecular weight excluding hydrogens is 261 g/mol. The molecule has 0 spiro atoms. The van der Waals surface area contributed by atoms with Crippen LogP contribution < -0.4 is 5.32 Å². The second kappa shape index (κ2) is 6.18. The highest BCUT2D eigenvalue weighted by molar-refractivity contribution is 6.31. The van der Waals surface area contributed by atoms with Gasteiger partial charge < -0.3 is 5.32 Å². The largest absolute Gasteiger partial charge is 0.304 e. The van der Waals surface area contributed by atoms with E-state index in [2.05, 4.69) is 19.2 Å². The second-order valence-corrected chi connectivity index (χ2v) is 5.09. The summed E-state index contributed by atoms with van der Waals surface area (Å²) in [6, 6.07) is 14.6. The van der Waals surface area contributed by atoms with Gasteiger partial charge in [-0.1, -0.05) is 41.9 Å². The Labute approximate surface area is 118 Å². The molecule has 0 bridgehead atoms. The second-order valence-electron chi connectivity index (χ2n) is 4.68. The molecule has 2 aromatic rings. The summed E-state index contributed by atoms with van der Waals surface area (Å²) in [7, 11) is 0. The zero-order chi connectivity index (χ0) is 13.8. The molecule has 2 aromatic carbocycles. The quantitative estimate of drug-likeness (QED) is 0.839. The van der Waals surface area contributed by atoms with Crippen molar-refractivity contribution in [3.63, 3.8) is 0 Å². The average Bonchev–Trinajstić information content (AvgIpc) is 2.39. The minimum atomic E-state index is -0.213. The zero-order valence-corrected chi connectivity index (χ0v) is 11.8. The smallest absolute Gasteiger partial charge is 0.123 e. The molecule has 0 aliphatic rings. The fourth-order valence-corrected chi connectivity index (χ4v) is 2.44. The maximum Gasteiger partial charge on any atom is 0.123 e. The van der Waals surface area contributed by atoms with Gasteiger partial charge in [0, 0.05) is 17.1 Å². The molecule has 1 N–H and O–H groups in total. The van der Waals surface area contributed by atoms with Crippen molar-refractivity contribution in [3.8, 4) is 0 Å². The SMILES string of the molecule is C[C@@H](N[C@H](C)c1ccccc1Cl)c1ccc(F)cc1. The van der Waals surface area contributed by atoms with Gasteiger partial charge in [-0.2, -0.15) is 0 Å². The van der Waals surface area contributed by atoms with Gasteiger partial charge in [-0.15, -0.1) is 0 Å². The van der Waals surface area contributed by atoms with Crippen LogP contribution in [0.2, 0.25) is 5.02 Å². The van der Waals surface area contributed by atoms with Crippen LogP contribution in [0.25, 0.3) is 0 Å². The third-order valence-corrected chi connectivity index (χ3v) is 3.59. The lowest BCUT2D eigenvalue weighted by molar-refractivity contribution is 0.494. The van der Waals surface area contributed by atoms with Crippen molar-refractivity contribution in [2.75, 3.05) is 0 Å². The molecular formula is C16H17ClFN. The van der Waals surface area contributed by atoms with Gasteiger partial charge in [-0.25, -0.2) is 4.39 Å². The van der Waals surface area contributed by atoms with Crippen LogP contribution in [0.15, 0.2) is 48.5 Å². The highest BCUT2D eigenvalue weighted by Crippen LogP contribution is 2.25. The van der Waals surface area contributed by atoms with Gasteiger partial charge in [0.2, 0.25) is 0 Å². The molecule has 2 atom stereocenters. The van der Waals surface area contributed by atoms with E-state index in [0.717, 1.165) is 16.1 Å². The Kier molecular flexibility index (Phi) is 4.56. The zero-order valence-electron chi connectivity index (χ0n) is 11.0. The van der Waals surface area contributed by atoms with E-state index in [0.29, 0.717) is 0 Å². The molecule has 0 aliphatic heterocycles. The van der Waals surface area contributed by atoms with Crippen molar-refractivity contribution in [2.45, 2.75) is 25.9 Å². The van der Waals surface area contributed by atoms with E-state index >= 15 is 0 Å². The summed E-state index contributed by atoms with van der Waals surface area (Å²) in [5.41, 5.74) is 2.12. The third-order valence-electron chi connectivity index (χ3n) is 3.24. The first-order valence-electron chi connectivity index (χ1n) is 6.34. The molecule has 0 fully saturated rings. The summed E-state index contributed by atoms with van der Waals surface area (Å²) in [4.78, 5) is 0. The number of halogens is 2. The molecule has 0 saturated carbocycles. The van der Waals surface area contributed by atoms with Crippen LogP contribution in [0.5, 0.6) is 0 Å². The maximum absolute atomic E-state index is 12.9. The topological polar surface area (TPSA) is 12.0 Å². The van der Waals surface area contributed by atoms with Crippen LogP contribution in [0, 0.1) is 5.82 Å². The molecule has 100 valence electrons. The molecule has 1 nitrogen and oxygen atoms in total. The lowest BCUT2D eigenvalue weighted by Crippen LogP contribution is -2.22. The highest BCUT2D eigenvalue weighted by Gasteiger charge is 2.13. The van der Waals surface area contributed by atoms with Gasteiger partial charge in [0.05, 0.1) is 0 Å². The number of hydrogen-bond donors (Lipinski definition) is 1. The molecule has 0 amide bonds. The van der Waals surface area contributed by atoms with E-state index in [9.17, 15) is 4.39 Å². The highest BCUT2D eigenvalue weighted by atomic mass is 35.5. The van der Waals surface area contributed by atoms with Crippen LogP contribution in [-0.4, -0.2) is 0 Å². The molecule has 3 heteroatoms. The standard InChI is InChI=1S/C16H17ClFN/c1-11(13-7-9-14(18)10-8-13)19-12(2)15-5-3-4-6-16(15)17/h3-12,19H,1-2H3/t11-,12-/m1/s1. The van der Waals surface area contributed by atoms with Gasteiger partial charge >= 0.3 is 0 Å². The van der Waals surface area contributed by atoms with E-state index < -0.39 is 0 Å². The Morgan fingerprint density at radius 3 is 2.21 bits per heavy atom. The molecule has 0 aliphatic carbocycles. The van der Waals surface area contributed by atoms with E-state index in [1.54, 1.807) is 12.1 Å². The van der Waals surface area contributed by atoms with E-state index in [-0.39, 0.29) is 17.9 Å². The van der Waals surface area contributed by atoms with Gasteiger partial charge in [0.15, 0.2) is 0 Å². The lowest BCUT2D eigenvalue weighted by Gasteiger charge is -2.21. The monoisotopic (exact) mass is 277 g/mol. The lowest BCUT2D eigenvalue weighted by atomic mass is 10.0. The molecule has 0 radical (unpaired) electrons. The van der Waals surface area contributed by atoms with Crippen molar-refractivity contribution >= 4 is 11.6 Å². The normalized spacial score (nSPS) is 14.1. The van der Waals surface area contributed by atoms with E-state index in [1.807, 2.05) is 24.3 Å². The predicted molar refractivity (Wildman–Crippen MR) is 77.8 cm³/mol. The predicted octanol–water partition coefficient (Wildman–Crippen LogP) is 4.89. The Morgan fingerprint density at radius 2 is 1.58 bits per heavy atom. The molecule has 2 rings (SSSR count). The number of hydrogen-bond acceptors (Lipinski definition) is 1.